The van der Waals surface area contributed by atoms with E-state index in [4.69, 9.17) is 26.8 Å². The van der Waals surface area contributed by atoms with Crippen molar-refractivity contribution in [2.75, 3.05) is 13.2 Å². The number of halogens is 2. The van der Waals surface area contributed by atoms with Crippen molar-refractivity contribution in [2.45, 2.75) is 13.0 Å². The highest BCUT2D eigenvalue weighted by Crippen LogP contribution is 2.28. The maximum atomic E-state index is 5.88. The fourth-order valence-corrected chi connectivity index (χ4v) is 2.63. The molecule has 0 aliphatic rings. The molecule has 0 aromatic heterocycles. The average Bonchev–Trinajstić information content (AvgIpc) is 2.49. The van der Waals surface area contributed by atoms with Crippen molar-refractivity contribution < 1.29 is 9.47 Å². The first-order valence-corrected chi connectivity index (χ1v) is 7.86. The fourth-order valence-electron chi connectivity index (χ4n) is 1.83. The van der Waals surface area contributed by atoms with Crippen LogP contribution in [0, 0.1) is 0 Å². The van der Waals surface area contributed by atoms with Crippen LogP contribution in [0.5, 0.6) is 11.5 Å². The molecular weight excluding hydrogens is 354 g/mol. The minimum absolute atomic E-state index is 0.477. The van der Waals surface area contributed by atoms with Crippen LogP contribution in [-0.4, -0.2) is 13.2 Å². The van der Waals surface area contributed by atoms with Gasteiger partial charge < -0.3 is 15.2 Å². The average molecular weight is 371 g/mol. The summed E-state index contributed by atoms with van der Waals surface area (Å²) in [6, 6.07) is 13.2. The van der Waals surface area contributed by atoms with Gasteiger partial charge in [0, 0.05) is 23.6 Å². The van der Waals surface area contributed by atoms with Gasteiger partial charge in [0.25, 0.3) is 0 Å². The molecule has 2 aromatic rings. The molecule has 3 nitrogen and oxygen atoms in total. The zero-order valence-corrected chi connectivity index (χ0v) is 13.9. The summed E-state index contributed by atoms with van der Waals surface area (Å²) in [6.45, 7) is 1.64. The maximum Gasteiger partial charge on any atom is 0.133 e. The zero-order valence-electron chi connectivity index (χ0n) is 11.5. The van der Waals surface area contributed by atoms with Crippen molar-refractivity contribution in [2.24, 2.45) is 5.73 Å². The van der Waals surface area contributed by atoms with Crippen molar-refractivity contribution >= 4 is 27.5 Å². The van der Waals surface area contributed by atoms with E-state index in [9.17, 15) is 0 Å². The standard InChI is InChI=1S/C16H17BrClNO2/c17-14-10-13(18)6-7-16(14)21-9-3-8-20-15-5-2-1-4-12(15)11-19/h1-2,4-7,10H,3,8-9,11,19H2. The Kier molecular flexibility index (Phi) is 6.36. The molecule has 0 saturated heterocycles. The molecule has 0 radical (unpaired) electrons. The van der Waals surface area contributed by atoms with E-state index in [1.54, 1.807) is 6.07 Å². The van der Waals surface area contributed by atoms with Gasteiger partial charge in [-0.2, -0.15) is 0 Å². The molecule has 0 aliphatic carbocycles. The molecule has 5 heteroatoms. The van der Waals surface area contributed by atoms with Crippen molar-refractivity contribution in [1.29, 1.82) is 0 Å². The van der Waals surface area contributed by atoms with Crippen molar-refractivity contribution in [3.8, 4) is 11.5 Å². The van der Waals surface area contributed by atoms with Gasteiger partial charge in [-0.15, -0.1) is 0 Å². The van der Waals surface area contributed by atoms with Crippen LogP contribution in [0.3, 0.4) is 0 Å². The van der Waals surface area contributed by atoms with Gasteiger partial charge in [-0.25, -0.2) is 0 Å². The molecule has 0 bridgehead atoms. The van der Waals surface area contributed by atoms with Gasteiger partial charge in [0.05, 0.1) is 17.7 Å². The van der Waals surface area contributed by atoms with E-state index in [1.807, 2.05) is 36.4 Å². The van der Waals surface area contributed by atoms with Crippen molar-refractivity contribution in [1.82, 2.24) is 0 Å². The fraction of sp³-hybridized carbons (Fsp3) is 0.250. The van der Waals surface area contributed by atoms with Crippen LogP contribution >= 0.6 is 27.5 Å². The molecule has 0 spiro atoms. The molecule has 0 unspecified atom stereocenters. The summed E-state index contributed by atoms with van der Waals surface area (Å²) in [5.41, 5.74) is 6.68. The van der Waals surface area contributed by atoms with Gasteiger partial charge in [-0.3, -0.25) is 0 Å². The Bertz CT molecular complexity index is 592. The summed E-state index contributed by atoms with van der Waals surface area (Å²) in [6.07, 6.45) is 0.786. The van der Waals surface area contributed by atoms with Crippen LogP contribution in [0.25, 0.3) is 0 Å². The Hall–Kier alpha value is -1.23. The van der Waals surface area contributed by atoms with E-state index in [2.05, 4.69) is 15.9 Å². The van der Waals surface area contributed by atoms with Crippen LogP contribution in [0.2, 0.25) is 5.02 Å². The Morgan fingerprint density at radius 2 is 1.71 bits per heavy atom. The molecule has 21 heavy (non-hydrogen) atoms. The lowest BCUT2D eigenvalue weighted by Crippen LogP contribution is -2.07. The normalized spacial score (nSPS) is 10.4. The predicted molar refractivity (Wildman–Crippen MR) is 89.1 cm³/mol. The number of benzene rings is 2. The Labute approximate surface area is 138 Å². The number of rotatable bonds is 7. The number of nitrogens with two attached hydrogens (primary N) is 1. The zero-order chi connectivity index (χ0) is 15.1. The van der Waals surface area contributed by atoms with Gasteiger partial charge in [0.15, 0.2) is 0 Å². The molecule has 0 aliphatic heterocycles. The minimum atomic E-state index is 0.477. The van der Waals surface area contributed by atoms with E-state index in [1.165, 1.54) is 0 Å². The second-order valence-corrected chi connectivity index (χ2v) is 5.73. The lowest BCUT2D eigenvalue weighted by atomic mass is 10.2. The first-order valence-electron chi connectivity index (χ1n) is 6.69. The van der Waals surface area contributed by atoms with Gasteiger partial charge in [-0.1, -0.05) is 29.8 Å². The van der Waals surface area contributed by atoms with Crippen molar-refractivity contribution in [3.63, 3.8) is 0 Å². The first kappa shape index (κ1) is 16.1. The summed E-state index contributed by atoms with van der Waals surface area (Å²) >= 11 is 9.30. The van der Waals surface area contributed by atoms with E-state index >= 15 is 0 Å². The number of hydrogen-bond acceptors (Lipinski definition) is 3. The Balaban J connectivity index is 1.75. The van der Waals surface area contributed by atoms with Crippen LogP contribution in [0.4, 0.5) is 0 Å². The highest BCUT2D eigenvalue weighted by molar-refractivity contribution is 9.10. The second-order valence-electron chi connectivity index (χ2n) is 4.44. The molecule has 2 aromatic carbocycles. The molecule has 112 valence electrons. The molecule has 0 heterocycles. The van der Waals surface area contributed by atoms with Crippen molar-refractivity contribution in [3.05, 3.63) is 57.5 Å². The summed E-state index contributed by atoms with van der Waals surface area (Å²) in [5.74, 6) is 1.62. The van der Waals surface area contributed by atoms with Crippen LogP contribution < -0.4 is 15.2 Å². The Morgan fingerprint density at radius 1 is 1.00 bits per heavy atom. The largest absolute Gasteiger partial charge is 0.493 e. The summed E-state index contributed by atoms with van der Waals surface area (Å²) in [4.78, 5) is 0. The minimum Gasteiger partial charge on any atom is -0.493 e. The molecule has 0 atom stereocenters. The lowest BCUT2D eigenvalue weighted by molar-refractivity contribution is 0.245. The molecular formula is C16H17BrClNO2. The monoisotopic (exact) mass is 369 g/mol. The van der Waals surface area contributed by atoms with E-state index in [-0.39, 0.29) is 0 Å². The molecule has 0 fully saturated rings. The molecule has 2 rings (SSSR count). The van der Waals surface area contributed by atoms with Gasteiger partial charge in [0.1, 0.15) is 11.5 Å². The lowest BCUT2D eigenvalue weighted by Gasteiger charge is -2.11. The molecule has 2 N–H and O–H groups in total. The van der Waals surface area contributed by atoms with E-state index in [0.29, 0.717) is 24.8 Å². The number of para-hydroxylation sites is 1. The third-order valence-corrected chi connectivity index (χ3v) is 3.75. The summed E-state index contributed by atoms with van der Waals surface area (Å²) in [7, 11) is 0. The highest BCUT2D eigenvalue weighted by atomic mass is 79.9. The van der Waals surface area contributed by atoms with Crippen LogP contribution in [0.1, 0.15) is 12.0 Å². The third-order valence-electron chi connectivity index (χ3n) is 2.89. The van der Waals surface area contributed by atoms with Gasteiger partial charge >= 0.3 is 0 Å². The summed E-state index contributed by atoms with van der Waals surface area (Å²) < 4.78 is 12.2. The van der Waals surface area contributed by atoms with E-state index in [0.717, 1.165) is 28.0 Å². The van der Waals surface area contributed by atoms with Crippen LogP contribution in [0.15, 0.2) is 46.9 Å². The first-order chi connectivity index (χ1) is 10.2. The van der Waals surface area contributed by atoms with Crippen LogP contribution in [-0.2, 0) is 6.54 Å². The topological polar surface area (TPSA) is 44.5 Å². The number of hydrogen-bond donors (Lipinski definition) is 1. The van der Waals surface area contributed by atoms with Gasteiger partial charge in [0.2, 0.25) is 0 Å². The third kappa shape index (κ3) is 4.92. The molecule has 0 amide bonds. The predicted octanol–water partition coefficient (Wildman–Crippen LogP) is 4.41. The maximum absolute atomic E-state index is 5.88. The quantitative estimate of drug-likeness (QED) is 0.734. The summed E-state index contributed by atoms with van der Waals surface area (Å²) in [5, 5.41) is 0.677. The second kappa shape index (κ2) is 8.27. The van der Waals surface area contributed by atoms with E-state index < -0.39 is 0 Å². The molecule has 0 saturated carbocycles. The Morgan fingerprint density at radius 3 is 2.43 bits per heavy atom. The smallest absolute Gasteiger partial charge is 0.133 e. The number of ether oxygens (including phenoxy) is 2. The highest BCUT2D eigenvalue weighted by Gasteiger charge is 2.03. The SMILES string of the molecule is NCc1ccccc1OCCCOc1ccc(Cl)cc1Br. The van der Waals surface area contributed by atoms with Gasteiger partial charge in [-0.05, 0) is 40.2 Å².